The zero-order chi connectivity index (χ0) is 88.1. The Morgan fingerprint density at radius 2 is 0.926 bits per heavy atom. The average molecular weight is 1770 g/mol. The minimum Gasteiger partial charge on any atom is -0.481 e. The number of carboxylic acid groups (broad SMARTS) is 2. The van der Waals surface area contributed by atoms with Crippen LogP contribution < -0.4 is 64.6 Å². The Hall–Kier alpha value is -9.76. The van der Waals surface area contributed by atoms with E-state index in [0.29, 0.717) is 36.3 Å². The molecule has 2 aromatic carbocycles. The Morgan fingerprint density at radius 3 is 1.33 bits per heavy atom. The summed E-state index contributed by atoms with van der Waals surface area (Å²) < 4.78 is 19.4. The fourth-order valence-electron chi connectivity index (χ4n) is 14.2. The van der Waals surface area contributed by atoms with Crippen LogP contribution in [0.3, 0.4) is 0 Å². The quantitative estimate of drug-likeness (QED) is 0.0241. The van der Waals surface area contributed by atoms with E-state index in [1.54, 1.807) is 0 Å². The van der Waals surface area contributed by atoms with Crippen LogP contribution in [-0.2, 0) is 104 Å². The molecule has 43 heteroatoms. The summed E-state index contributed by atoms with van der Waals surface area (Å²) in [4.78, 5) is 219. The van der Waals surface area contributed by atoms with Crippen LogP contribution >= 0.6 is 43.2 Å². The first-order valence-corrected chi connectivity index (χ1v) is 45.1. The lowest BCUT2D eigenvalue weighted by molar-refractivity contribution is -0.917. The fourth-order valence-corrected chi connectivity index (χ4v) is 18.6. The number of carboxylic acids is 2. The lowest BCUT2D eigenvalue weighted by Crippen LogP contribution is -2.58. The molecule has 12 atom stereocenters. The number of nitrogens with zero attached hydrogens (tertiary/aromatic N) is 4. The van der Waals surface area contributed by atoms with E-state index in [0.717, 1.165) is 76.4 Å². The maximum atomic E-state index is 14.0. The highest BCUT2D eigenvalue weighted by atomic mass is 33.1. The standard InChI is InChI=1S/C40H57N9O11S2.C38H55N9O10S2/c1-24-40(58)48-21-26(60-22-25-19-42-28-8-4-3-7-27(25)28)17-32(48)39(57)47-31(36(41)54)23-62-61-16-10-33(50)45-29(9-5-6-11-49(2)12-14-59-15-13-49)37(55)43-20-34(51)46-30(18-35(52)53)38(56)44-24;1-22-38(56)46-19-24(57-20-23-17-40-26-10-6-5-9-25(23)26)15-30(46)37(55)45-29(34(39)52)21-59-58-14-12-31(48)43-27(11-7-8-13-47(2,3)4)35(53)41-18-32(49)44-28(16-33(50)51)36(54)42-22/h3-4,7-8,19,24,26,29-32,42H,5-6,9-18,20-23H2,1-2H3,(H7-,41,43,44,45,46,47,50,51,52,53,54,55,56,57);5-6,9-10,17,22,24,27-30,40H,7-8,11-16,18-21H2,1-4H3,(H7-,39,41,42,43,44,45,48,49,50,51,52,53,54,55)/p+2/t24-,26?,29-,30?,31?,32-;22-,24?,27-,28?,29?,30-/m00/s1. The van der Waals surface area contributed by atoms with Crippen molar-refractivity contribution in [2.45, 2.75) is 177 Å². The minimum absolute atomic E-state index is 0.00768. The first kappa shape index (κ1) is 96.7. The van der Waals surface area contributed by atoms with E-state index in [1.807, 2.05) is 82.1 Å². The molecule has 5 aliphatic rings. The highest BCUT2D eigenvalue weighted by Crippen LogP contribution is 2.30. The number of rotatable bonds is 22. The lowest BCUT2D eigenvalue weighted by Gasteiger charge is -2.37. The molecule has 18 N–H and O–H groups in total. The number of amides is 14. The molecule has 2 aromatic heterocycles. The number of primary amides is 2. The highest BCUT2D eigenvalue weighted by molar-refractivity contribution is 8.77. The second kappa shape index (κ2) is 47.0. The van der Waals surface area contributed by atoms with E-state index in [9.17, 15) is 86.9 Å². The molecule has 0 radical (unpaired) electrons. The lowest BCUT2D eigenvalue weighted by atomic mass is 10.1. The van der Waals surface area contributed by atoms with Crippen LogP contribution in [-0.4, -0.2) is 323 Å². The van der Waals surface area contributed by atoms with Crippen molar-refractivity contribution in [3.8, 4) is 0 Å². The predicted octanol–water partition coefficient (Wildman–Crippen LogP) is -1.53. The molecular formula is C78H114N18O21S4+2. The minimum atomic E-state index is -1.65. The van der Waals surface area contributed by atoms with Crippen LogP contribution in [0.25, 0.3) is 21.8 Å². The molecular weight excluding hydrogens is 1650 g/mol. The van der Waals surface area contributed by atoms with Crippen molar-refractivity contribution in [1.82, 2.24) is 72.9 Å². The molecule has 14 amide bonds. The molecule has 5 fully saturated rings. The van der Waals surface area contributed by atoms with Gasteiger partial charge in [-0.2, -0.15) is 0 Å². The Bertz CT molecular complexity index is 4330. The summed E-state index contributed by atoms with van der Waals surface area (Å²) in [5.41, 5.74) is 14.9. The number of hydrogen-bond donors (Lipinski definition) is 16. The van der Waals surface area contributed by atoms with E-state index in [4.69, 9.17) is 25.7 Å². The number of fused-ring (bicyclic) bond motifs is 4. The Morgan fingerprint density at radius 1 is 0.521 bits per heavy atom. The summed E-state index contributed by atoms with van der Waals surface area (Å²) in [7, 11) is 13.2. The number of unbranched alkanes of at least 4 members (excludes halogenated alkanes) is 2. The van der Waals surface area contributed by atoms with E-state index < -0.39 is 193 Å². The number of aromatic nitrogens is 2. The normalized spacial score (nSPS) is 25.7. The fraction of sp³-hybridized carbons (Fsp3) is 0.590. The summed E-state index contributed by atoms with van der Waals surface area (Å²) in [6.07, 6.45) is 4.05. The summed E-state index contributed by atoms with van der Waals surface area (Å²) in [5, 5.41) is 46.4. The van der Waals surface area contributed by atoms with E-state index >= 15 is 0 Å². The number of likely N-dealkylation sites (N-methyl/N-ethyl adjacent to an activating group) is 1. The van der Waals surface area contributed by atoms with Crippen LogP contribution in [0.4, 0.5) is 0 Å². The van der Waals surface area contributed by atoms with Crippen molar-refractivity contribution in [3.05, 3.63) is 72.1 Å². The molecule has 39 nitrogen and oxygen atoms in total. The molecule has 0 bridgehead atoms. The zero-order valence-corrected chi connectivity index (χ0v) is 72.0. The molecule has 4 aromatic rings. The molecule has 5 saturated heterocycles. The van der Waals surface area contributed by atoms with Crippen molar-refractivity contribution >= 4 is 160 Å². The number of hydrogen-bond acceptors (Lipinski definition) is 23. The molecule has 0 aliphatic carbocycles. The van der Waals surface area contributed by atoms with Crippen LogP contribution in [0.1, 0.15) is 102 Å². The Balaban J connectivity index is 0.000000301. The third-order valence-corrected chi connectivity index (χ3v) is 25.8. The molecule has 0 spiro atoms. The summed E-state index contributed by atoms with van der Waals surface area (Å²) in [6, 6.07) is 2.82. The maximum absolute atomic E-state index is 14.0. The average Bonchev–Trinajstić information content (AvgIpc) is 1.66. The van der Waals surface area contributed by atoms with Crippen molar-refractivity contribution < 1.29 is 110 Å². The van der Waals surface area contributed by atoms with Crippen molar-refractivity contribution in [2.75, 3.05) is 117 Å². The summed E-state index contributed by atoms with van der Waals surface area (Å²) in [5.74, 6) is -12.4. The number of para-hydroxylation sites is 2. The van der Waals surface area contributed by atoms with Crippen LogP contribution in [0, 0.1) is 0 Å². The molecule has 6 unspecified atom stereocenters. The van der Waals surface area contributed by atoms with Crippen molar-refractivity contribution in [1.29, 1.82) is 0 Å². The Kier molecular flexibility index (Phi) is 37.6. The van der Waals surface area contributed by atoms with Gasteiger partial charge in [-0.25, -0.2) is 0 Å². The smallest absolute Gasteiger partial charge is 0.305 e. The van der Waals surface area contributed by atoms with Crippen LogP contribution in [0.15, 0.2) is 60.9 Å². The van der Waals surface area contributed by atoms with Gasteiger partial charge in [0.25, 0.3) is 0 Å². The van der Waals surface area contributed by atoms with Crippen molar-refractivity contribution in [2.24, 2.45) is 11.5 Å². The van der Waals surface area contributed by atoms with Gasteiger partial charge in [-0.15, -0.1) is 0 Å². The maximum Gasteiger partial charge on any atom is 0.305 e. The van der Waals surface area contributed by atoms with Gasteiger partial charge in [0.15, 0.2) is 0 Å². The third-order valence-electron chi connectivity index (χ3n) is 21.0. The monoisotopic (exact) mass is 1770 g/mol. The van der Waals surface area contributed by atoms with E-state index in [1.165, 1.54) is 66.8 Å². The number of quaternary nitrogens is 2. The van der Waals surface area contributed by atoms with Gasteiger partial charge in [-0.05, 0) is 64.5 Å². The predicted molar refractivity (Wildman–Crippen MR) is 451 cm³/mol. The number of ether oxygens (including phenoxy) is 3. The number of benzene rings is 2. The van der Waals surface area contributed by atoms with E-state index in [2.05, 4.69) is 70.2 Å². The summed E-state index contributed by atoms with van der Waals surface area (Å²) >= 11 is 0. The van der Waals surface area contributed by atoms with Gasteiger partial charge in [-0.3, -0.25) is 76.7 Å². The van der Waals surface area contributed by atoms with Gasteiger partial charge in [0, 0.05) is 107 Å². The second-order valence-corrected chi connectivity index (χ2v) is 36.9. The van der Waals surface area contributed by atoms with Gasteiger partial charge >= 0.3 is 11.9 Å². The van der Waals surface area contributed by atoms with Gasteiger partial charge in [0.1, 0.15) is 73.5 Å². The third kappa shape index (κ3) is 31.0. The number of carbonyl (C=O) groups is 16. The number of nitrogens with two attached hydrogens (primary N) is 2. The van der Waals surface area contributed by atoms with Gasteiger partial charge in [-0.1, -0.05) is 79.6 Å². The number of carbonyl (C=O) groups excluding carboxylic acids is 14. The molecule has 664 valence electrons. The number of nitrogens with one attached hydrogen (secondary N) is 12. The topological polar surface area (TPSA) is 552 Å². The number of aliphatic carboxylic acids is 2. The van der Waals surface area contributed by atoms with Crippen LogP contribution in [0.2, 0.25) is 0 Å². The van der Waals surface area contributed by atoms with Crippen LogP contribution in [0.5, 0.6) is 0 Å². The van der Waals surface area contributed by atoms with Gasteiger partial charge in [0.2, 0.25) is 82.7 Å². The van der Waals surface area contributed by atoms with Gasteiger partial charge < -0.3 is 118 Å². The largest absolute Gasteiger partial charge is 0.481 e. The first-order chi connectivity index (χ1) is 57.5. The number of morpholine rings is 1. The molecule has 5 aliphatic heterocycles. The summed E-state index contributed by atoms with van der Waals surface area (Å²) in [6.45, 7) is 6.41. The molecule has 7 heterocycles. The first-order valence-electron chi connectivity index (χ1n) is 40.1. The second-order valence-electron chi connectivity index (χ2n) is 31.7. The number of aromatic amines is 2. The molecule has 121 heavy (non-hydrogen) atoms. The molecule has 0 saturated carbocycles. The number of H-pyrrole nitrogens is 2. The zero-order valence-electron chi connectivity index (χ0n) is 68.7. The Labute approximate surface area is 715 Å². The van der Waals surface area contributed by atoms with Crippen molar-refractivity contribution in [3.63, 3.8) is 0 Å². The van der Waals surface area contributed by atoms with E-state index in [-0.39, 0.29) is 82.1 Å². The molecule has 9 rings (SSSR count). The van der Waals surface area contributed by atoms with Gasteiger partial charge in [0.05, 0.1) is 106 Å². The SMILES string of the molecule is C[C@@H]1NC(=O)C(CC(=O)O)NC(=O)CNC(=O)[C@H](CCCC[N+](C)(C)C)NC(=O)CCSSCC(C(N)=O)NC(=O)[C@@H]2CC(OCc3c[nH]c4ccccc34)CN2C1=O.C[C@@H]1NC(=O)C(CC(=O)O)NC(=O)CNC(=O)[C@H](CCCC[N+]2(C)CCOCC2)NC(=O)CCSSCC(C(N)=O)NC(=O)[C@@H]2CC(OCc3c[nH]c4ccccc34)CN2C1=O. The highest BCUT2D eigenvalue weighted by Gasteiger charge is 2.46.